The Labute approximate surface area is 118 Å². The maximum atomic E-state index is 12.0. The lowest BCUT2D eigenvalue weighted by Gasteiger charge is -2.07. The molecule has 0 saturated carbocycles. The summed E-state index contributed by atoms with van der Waals surface area (Å²) in [4.78, 5) is 12.0. The molecule has 0 aliphatic heterocycles. The van der Waals surface area contributed by atoms with Gasteiger partial charge >= 0.3 is 0 Å². The van der Waals surface area contributed by atoms with Crippen molar-refractivity contribution in [3.63, 3.8) is 0 Å². The highest BCUT2D eigenvalue weighted by molar-refractivity contribution is 7.99. The second kappa shape index (κ2) is 7.56. The van der Waals surface area contributed by atoms with Gasteiger partial charge < -0.3 is 10.4 Å². The zero-order chi connectivity index (χ0) is 13.5. The third-order valence-corrected chi connectivity index (χ3v) is 4.41. The lowest BCUT2D eigenvalue weighted by molar-refractivity contribution is 0.0956. The number of carbonyl (C=O) groups is 1. The molecule has 0 fully saturated rings. The molecule has 4 heteroatoms. The van der Waals surface area contributed by atoms with Crippen LogP contribution in [-0.2, 0) is 12.8 Å². The lowest BCUT2D eigenvalue weighted by atomic mass is 10.1. The highest BCUT2D eigenvalue weighted by atomic mass is 32.2. The first kappa shape index (κ1) is 14.4. The summed E-state index contributed by atoms with van der Waals surface area (Å²) in [7, 11) is 0. The van der Waals surface area contributed by atoms with Crippen LogP contribution in [0.2, 0.25) is 0 Å². The number of rotatable bonds is 7. The average molecular weight is 279 g/mol. The van der Waals surface area contributed by atoms with E-state index in [2.05, 4.69) is 11.4 Å². The largest absolute Gasteiger partial charge is 0.396 e. The molecule has 1 amide bonds. The van der Waals surface area contributed by atoms with Crippen LogP contribution in [0.25, 0.3) is 0 Å². The molecule has 0 saturated heterocycles. The fourth-order valence-electron chi connectivity index (χ4n) is 2.32. The number of aryl methyl sites for hydroxylation is 2. The molecule has 104 valence electrons. The Hall–Kier alpha value is -1.00. The maximum absolute atomic E-state index is 12.0. The molecule has 0 radical (unpaired) electrons. The smallest absolute Gasteiger partial charge is 0.251 e. The molecule has 19 heavy (non-hydrogen) atoms. The van der Waals surface area contributed by atoms with Gasteiger partial charge in [0.2, 0.25) is 0 Å². The lowest BCUT2D eigenvalue weighted by Crippen LogP contribution is -2.25. The Kier molecular flexibility index (Phi) is 5.73. The number of thioether (sulfide) groups is 1. The van der Waals surface area contributed by atoms with E-state index in [9.17, 15) is 4.79 Å². The Morgan fingerprint density at radius 1 is 1.26 bits per heavy atom. The van der Waals surface area contributed by atoms with E-state index in [0.717, 1.165) is 36.3 Å². The van der Waals surface area contributed by atoms with Gasteiger partial charge in [-0.05, 0) is 54.7 Å². The second-order valence-corrected chi connectivity index (χ2v) is 6.01. The molecule has 0 unspecified atom stereocenters. The molecule has 3 nitrogen and oxygen atoms in total. The Morgan fingerprint density at radius 2 is 2.11 bits per heavy atom. The summed E-state index contributed by atoms with van der Waals surface area (Å²) in [5.41, 5.74) is 3.52. The fraction of sp³-hybridized carbons (Fsp3) is 0.533. The van der Waals surface area contributed by atoms with E-state index in [4.69, 9.17) is 5.11 Å². The first-order valence-electron chi connectivity index (χ1n) is 6.90. The van der Waals surface area contributed by atoms with Crippen LogP contribution in [0.15, 0.2) is 18.2 Å². The number of hydrogen-bond acceptors (Lipinski definition) is 3. The third-order valence-electron chi connectivity index (χ3n) is 3.34. The van der Waals surface area contributed by atoms with Crippen molar-refractivity contribution in [3.8, 4) is 0 Å². The zero-order valence-corrected chi connectivity index (χ0v) is 12.0. The van der Waals surface area contributed by atoms with Crippen molar-refractivity contribution in [2.75, 3.05) is 24.7 Å². The topological polar surface area (TPSA) is 49.3 Å². The van der Waals surface area contributed by atoms with Crippen molar-refractivity contribution < 1.29 is 9.90 Å². The number of aliphatic hydroxyl groups excluding tert-OH is 1. The molecule has 2 N–H and O–H groups in total. The molecule has 1 aliphatic rings. The number of nitrogens with one attached hydrogen (secondary N) is 1. The van der Waals surface area contributed by atoms with Gasteiger partial charge in [0, 0.05) is 24.5 Å². The van der Waals surface area contributed by atoms with Crippen molar-refractivity contribution in [2.24, 2.45) is 0 Å². The van der Waals surface area contributed by atoms with Crippen molar-refractivity contribution in [1.29, 1.82) is 0 Å². The van der Waals surface area contributed by atoms with Gasteiger partial charge in [0.25, 0.3) is 5.91 Å². The monoisotopic (exact) mass is 279 g/mol. The van der Waals surface area contributed by atoms with Crippen LogP contribution in [0.1, 0.15) is 34.3 Å². The van der Waals surface area contributed by atoms with E-state index in [0.29, 0.717) is 6.54 Å². The molecule has 0 spiro atoms. The van der Waals surface area contributed by atoms with Gasteiger partial charge in [-0.2, -0.15) is 11.8 Å². The van der Waals surface area contributed by atoms with Gasteiger partial charge in [-0.1, -0.05) is 6.07 Å². The molecular formula is C15H21NO2S. The third kappa shape index (κ3) is 4.25. The van der Waals surface area contributed by atoms with Gasteiger partial charge in [0.05, 0.1) is 0 Å². The molecule has 0 bridgehead atoms. The van der Waals surface area contributed by atoms with Crippen molar-refractivity contribution >= 4 is 17.7 Å². The first-order chi connectivity index (χ1) is 9.31. The van der Waals surface area contributed by atoms with E-state index in [-0.39, 0.29) is 12.5 Å². The predicted octanol–water partition coefficient (Wildman–Crippen LogP) is 2.02. The zero-order valence-electron chi connectivity index (χ0n) is 11.2. The number of carbonyl (C=O) groups excluding carboxylic acids is 1. The quantitative estimate of drug-likeness (QED) is 0.751. The predicted molar refractivity (Wildman–Crippen MR) is 79.8 cm³/mol. The molecule has 2 rings (SSSR count). The minimum absolute atomic E-state index is 0.0254. The first-order valence-corrected chi connectivity index (χ1v) is 8.05. The molecule has 1 aromatic carbocycles. The normalized spacial score (nSPS) is 13.3. The summed E-state index contributed by atoms with van der Waals surface area (Å²) in [6.45, 7) is 0.931. The van der Waals surface area contributed by atoms with Gasteiger partial charge in [-0.3, -0.25) is 4.79 Å². The summed E-state index contributed by atoms with van der Waals surface area (Å²) in [5, 5.41) is 11.6. The van der Waals surface area contributed by atoms with Crippen LogP contribution in [-0.4, -0.2) is 35.7 Å². The number of amides is 1. The van der Waals surface area contributed by atoms with E-state index in [1.165, 1.54) is 17.5 Å². The summed E-state index contributed by atoms with van der Waals surface area (Å²) < 4.78 is 0. The van der Waals surface area contributed by atoms with Crippen LogP contribution in [0.3, 0.4) is 0 Å². The molecule has 0 aromatic heterocycles. The summed E-state index contributed by atoms with van der Waals surface area (Å²) in [5.74, 6) is 1.87. The van der Waals surface area contributed by atoms with Gasteiger partial charge in [-0.15, -0.1) is 0 Å². The van der Waals surface area contributed by atoms with Crippen LogP contribution < -0.4 is 5.32 Å². The van der Waals surface area contributed by atoms with Gasteiger partial charge in [0.15, 0.2) is 0 Å². The second-order valence-electron chi connectivity index (χ2n) is 4.78. The average Bonchev–Trinajstić information content (AvgIpc) is 2.89. The molecule has 1 aliphatic carbocycles. The van der Waals surface area contributed by atoms with Crippen molar-refractivity contribution in [1.82, 2.24) is 5.32 Å². The molecule has 0 atom stereocenters. The van der Waals surface area contributed by atoms with E-state index >= 15 is 0 Å². The summed E-state index contributed by atoms with van der Waals surface area (Å²) in [6, 6.07) is 6.06. The van der Waals surface area contributed by atoms with Crippen LogP contribution in [0.4, 0.5) is 0 Å². The van der Waals surface area contributed by atoms with Crippen molar-refractivity contribution in [3.05, 3.63) is 34.9 Å². The standard InChI is InChI=1S/C15H21NO2S/c17-8-2-9-19-10-7-16-15(18)14-6-5-12-3-1-4-13(12)11-14/h5-6,11,17H,1-4,7-10H2,(H,16,18). The molecule has 1 aromatic rings. The van der Waals surface area contributed by atoms with E-state index < -0.39 is 0 Å². The number of benzene rings is 1. The Morgan fingerprint density at radius 3 is 2.95 bits per heavy atom. The van der Waals surface area contributed by atoms with E-state index in [1.54, 1.807) is 11.8 Å². The number of fused-ring (bicyclic) bond motifs is 1. The van der Waals surface area contributed by atoms with Crippen LogP contribution in [0, 0.1) is 0 Å². The minimum Gasteiger partial charge on any atom is -0.396 e. The van der Waals surface area contributed by atoms with Crippen LogP contribution >= 0.6 is 11.8 Å². The highest BCUT2D eigenvalue weighted by Crippen LogP contribution is 2.22. The minimum atomic E-state index is 0.0254. The summed E-state index contributed by atoms with van der Waals surface area (Å²) in [6.07, 6.45) is 4.29. The Balaban J connectivity index is 1.74. The number of aliphatic hydroxyl groups is 1. The van der Waals surface area contributed by atoms with Gasteiger partial charge in [-0.25, -0.2) is 0 Å². The molecule has 0 heterocycles. The maximum Gasteiger partial charge on any atom is 0.251 e. The van der Waals surface area contributed by atoms with Gasteiger partial charge in [0.1, 0.15) is 0 Å². The van der Waals surface area contributed by atoms with Crippen LogP contribution in [0.5, 0.6) is 0 Å². The molecular weight excluding hydrogens is 258 g/mol. The van der Waals surface area contributed by atoms with Crippen molar-refractivity contribution in [2.45, 2.75) is 25.7 Å². The van der Waals surface area contributed by atoms with E-state index in [1.807, 2.05) is 12.1 Å². The summed E-state index contributed by atoms with van der Waals surface area (Å²) >= 11 is 1.76. The Bertz CT molecular complexity index is 434. The number of hydrogen-bond donors (Lipinski definition) is 2. The fourth-order valence-corrected chi connectivity index (χ4v) is 3.10. The highest BCUT2D eigenvalue weighted by Gasteiger charge is 2.13. The SMILES string of the molecule is O=C(NCCSCCCO)c1ccc2c(c1)CCC2.